The lowest BCUT2D eigenvalue weighted by molar-refractivity contribution is -0.129. The maximum atomic E-state index is 13.6. The van der Waals surface area contributed by atoms with E-state index >= 15 is 0 Å². The van der Waals surface area contributed by atoms with Gasteiger partial charge in [0.1, 0.15) is 23.9 Å². The highest BCUT2D eigenvalue weighted by molar-refractivity contribution is 7.99. The second-order valence-corrected chi connectivity index (χ2v) is 9.22. The Morgan fingerprint density at radius 2 is 1.66 bits per heavy atom. The van der Waals surface area contributed by atoms with E-state index in [4.69, 9.17) is 0 Å². The van der Waals surface area contributed by atoms with E-state index in [1.807, 2.05) is 0 Å². The van der Waals surface area contributed by atoms with Gasteiger partial charge in [0.05, 0.1) is 11.0 Å². The van der Waals surface area contributed by atoms with Gasteiger partial charge in [0, 0.05) is 30.1 Å². The van der Waals surface area contributed by atoms with E-state index in [2.05, 4.69) is 9.88 Å². The molecular formula is C23H24F5N3S. The van der Waals surface area contributed by atoms with Gasteiger partial charge < -0.3 is 9.47 Å². The van der Waals surface area contributed by atoms with Crippen molar-refractivity contribution >= 4 is 22.8 Å². The average Bonchev–Trinajstić information content (AvgIpc) is 3.08. The van der Waals surface area contributed by atoms with Gasteiger partial charge >= 0.3 is 6.18 Å². The Kier molecular flexibility index (Phi) is 7.05. The summed E-state index contributed by atoms with van der Waals surface area (Å²) < 4.78 is 67.6. The quantitative estimate of drug-likeness (QED) is 0.232. The molecule has 0 saturated carbocycles. The molecule has 32 heavy (non-hydrogen) atoms. The van der Waals surface area contributed by atoms with Crippen LogP contribution in [-0.2, 0) is 6.42 Å². The number of piperidine rings is 1. The molecule has 1 fully saturated rings. The first-order valence-electron chi connectivity index (χ1n) is 10.6. The Labute approximate surface area is 187 Å². The number of halogens is 5. The first-order valence-corrected chi connectivity index (χ1v) is 11.6. The van der Waals surface area contributed by atoms with Crippen LogP contribution in [0.5, 0.6) is 0 Å². The molecule has 2 aromatic carbocycles. The lowest BCUT2D eigenvalue weighted by Gasteiger charge is -2.33. The molecule has 1 saturated heterocycles. The molecule has 0 spiro atoms. The Bertz CT molecular complexity index is 1040. The fraction of sp³-hybridized carbons (Fsp3) is 0.435. The van der Waals surface area contributed by atoms with Crippen LogP contribution in [-0.4, -0.2) is 46.0 Å². The predicted molar refractivity (Wildman–Crippen MR) is 116 cm³/mol. The van der Waals surface area contributed by atoms with E-state index in [-0.39, 0.29) is 23.2 Å². The third kappa shape index (κ3) is 5.81. The number of hydrogen-bond donors (Lipinski definition) is 0. The molecule has 2 heterocycles. The molecule has 4 rings (SSSR count). The van der Waals surface area contributed by atoms with Crippen LogP contribution in [0, 0.1) is 11.6 Å². The number of thioether (sulfide) groups is 1. The standard InChI is InChI=1S/C23H24F5N3S/c24-16-2-5-19(6-3-16)32-13-1-10-30-11-8-18(9-12-30)31-21-7-4-17(25)14-20(21)29-22(31)15-23(26,27)28/h2-7,14,18H,1,8-13,15H2. The maximum Gasteiger partial charge on any atom is 0.396 e. The Morgan fingerprint density at radius 1 is 0.969 bits per heavy atom. The summed E-state index contributed by atoms with van der Waals surface area (Å²) in [5, 5.41) is 0. The van der Waals surface area contributed by atoms with Crippen molar-refractivity contribution in [3.63, 3.8) is 0 Å². The van der Waals surface area contributed by atoms with E-state index in [1.54, 1.807) is 28.5 Å². The SMILES string of the molecule is Fc1ccc(SCCCN2CCC(n3c(CC(F)(F)F)nc4cc(F)ccc43)CC2)cc1. The molecule has 3 nitrogen and oxygen atoms in total. The summed E-state index contributed by atoms with van der Waals surface area (Å²) >= 11 is 1.68. The van der Waals surface area contributed by atoms with Crippen LogP contribution in [0.1, 0.15) is 31.1 Å². The molecule has 172 valence electrons. The summed E-state index contributed by atoms with van der Waals surface area (Å²) in [4.78, 5) is 7.47. The van der Waals surface area contributed by atoms with Gasteiger partial charge in [-0.2, -0.15) is 13.2 Å². The number of benzene rings is 2. The van der Waals surface area contributed by atoms with E-state index in [0.717, 1.165) is 49.5 Å². The summed E-state index contributed by atoms with van der Waals surface area (Å²) in [6.45, 7) is 2.49. The fourth-order valence-corrected chi connectivity index (χ4v) is 5.08. The number of nitrogens with zero attached hydrogens (tertiary/aromatic N) is 3. The zero-order chi connectivity index (χ0) is 22.7. The molecule has 1 aliphatic heterocycles. The molecule has 3 aromatic rings. The fourth-order valence-electron chi connectivity index (χ4n) is 4.24. The van der Waals surface area contributed by atoms with Crippen molar-refractivity contribution in [2.24, 2.45) is 0 Å². The molecular weight excluding hydrogens is 445 g/mol. The smallest absolute Gasteiger partial charge is 0.324 e. The lowest BCUT2D eigenvalue weighted by Crippen LogP contribution is -2.36. The van der Waals surface area contributed by atoms with Gasteiger partial charge in [0.2, 0.25) is 0 Å². The van der Waals surface area contributed by atoms with Gasteiger partial charge in [-0.1, -0.05) is 0 Å². The number of aromatic nitrogens is 2. The summed E-state index contributed by atoms with van der Waals surface area (Å²) in [6, 6.07) is 10.3. The number of imidazole rings is 1. The predicted octanol–water partition coefficient (Wildman–Crippen LogP) is 6.24. The van der Waals surface area contributed by atoms with Crippen LogP contribution in [0.25, 0.3) is 11.0 Å². The Hall–Kier alpha value is -2.13. The van der Waals surface area contributed by atoms with E-state index in [9.17, 15) is 22.0 Å². The largest absolute Gasteiger partial charge is 0.396 e. The van der Waals surface area contributed by atoms with Crippen molar-refractivity contribution in [3.05, 3.63) is 59.9 Å². The Balaban J connectivity index is 1.35. The van der Waals surface area contributed by atoms with Crippen LogP contribution >= 0.6 is 11.8 Å². The number of alkyl halides is 3. The van der Waals surface area contributed by atoms with Gasteiger partial charge in [-0.05, 0) is 68.0 Å². The topological polar surface area (TPSA) is 21.1 Å². The van der Waals surface area contributed by atoms with Crippen molar-refractivity contribution in [2.45, 2.75) is 42.8 Å². The summed E-state index contributed by atoms with van der Waals surface area (Å²) in [5.74, 6) is 0.117. The normalized spacial score (nSPS) is 16.2. The third-order valence-electron chi connectivity index (χ3n) is 5.71. The number of fused-ring (bicyclic) bond motifs is 1. The second-order valence-electron chi connectivity index (χ2n) is 8.05. The van der Waals surface area contributed by atoms with Crippen molar-refractivity contribution in [3.8, 4) is 0 Å². The van der Waals surface area contributed by atoms with Gasteiger partial charge in [-0.3, -0.25) is 0 Å². The minimum Gasteiger partial charge on any atom is -0.324 e. The highest BCUT2D eigenvalue weighted by Crippen LogP contribution is 2.32. The summed E-state index contributed by atoms with van der Waals surface area (Å²) in [5.41, 5.74) is 0.823. The van der Waals surface area contributed by atoms with Crippen LogP contribution in [0.15, 0.2) is 47.4 Å². The molecule has 0 radical (unpaired) electrons. The monoisotopic (exact) mass is 469 g/mol. The first-order chi connectivity index (χ1) is 15.3. The number of hydrogen-bond acceptors (Lipinski definition) is 3. The molecule has 0 bridgehead atoms. The van der Waals surface area contributed by atoms with Crippen LogP contribution < -0.4 is 0 Å². The molecule has 0 unspecified atom stereocenters. The minimum absolute atomic E-state index is 0.0488. The molecule has 0 aliphatic carbocycles. The number of rotatable bonds is 7. The van der Waals surface area contributed by atoms with E-state index < -0.39 is 18.4 Å². The van der Waals surface area contributed by atoms with Gasteiger partial charge in [-0.15, -0.1) is 11.8 Å². The number of likely N-dealkylation sites (tertiary alicyclic amines) is 1. The highest BCUT2D eigenvalue weighted by Gasteiger charge is 2.33. The molecule has 0 atom stereocenters. The van der Waals surface area contributed by atoms with Crippen LogP contribution in [0.3, 0.4) is 0 Å². The van der Waals surface area contributed by atoms with E-state index in [1.165, 1.54) is 30.3 Å². The maximum absolute atomic E-state index is 13.6. The lowest BCUT2D eigenvalue weighted by atomic mass is 10.0. The first kappa shape index (κ1) is 23.0. The van der Waals surface area contributed by atoms with Gasteiger partial charge in [-0.25, -0.2) is 13.8 Å². The second kappa shape index (κ2) is 9.79. The van der Waals surface area contributed by atoms with Crippen LogP contribution in [0.2, 0.25) is 0 Å². The van der Waals surface area contributed by atoms with Crippen molar-refractivity contribution in [1.82, 2.24) is 14.5 Å². The molecule has 0 N–H and O–H groups in total. The minimum atomic E-state index is -4.37. The Morgan fingerprint density at radius 3 is 2.34 bits per heavy atom. The van der Waals surface area contributed by atoms with Gasteiger partial charge in [0.15, 0.2) is 0 Å². The summed E-state index contributed by atoms with van der Waals surface area (Å²) in [6.07, 6.45) is -3.08. The average molecular weight is 470 g/mol. The van der Waals surface area contributed by atoms with Crippen molar-refractivity contribution < 1.29 is 22.0 Å². The zero-order valence-electron chi connectivity index (χ0n) is 17.4. The van der Waals surface area contributed by atoms with Crippen molar-refractivity contribution in [1.29, 1.82) is 0 Å². The zero-order valence-corrected chi connectivity index (χ0v) is 18.2. The van der Waals surface area contributed by atoms with Crippen LogP contribution in [0.4, 0.5) is 22.0 Å². The molecule has 1 aromatic heterocycles. The highest BCUT2D eigenvalue weighted by atomic mass is 32.2. The molecule has 0 amide bonds. The summed E-state index contributed by atoms with van der Waals surface area (Å²) in [7, 11) is 0. The molecule has 1 aliphatic rings. The third-order valence-corrected chi connectivity index (χ3v) is 6.80. The van der Waals surface area contributed by atoms with Crippen molar-refractivity contribution in [2.75, 3.05) is 25.4 Å². The molecule has 9 heteroatoms. The van der Waals surface area contributed by atoms with Gasteiger partial charge in [0.25, 0.3) is 0 Å². The van der Waals surface area contributed by atoms with E-state index in [0.29, 0.717) is 5.52 Å².